The Labute approximate surface area is 157 Å². The van der Waals surface area contributed by atoms with E-state index in [4.69, 9.17) is 9.68 Å². The number of nitrogens with zero attached hydrogens (tertiary/aromatic N) is 2. The van der Waals surface area contributed by atoms with Crippen LogP contribution in [0, 0.1) is 23.2 Å². The lowest BCUT2D eigenvalue weighted by Crippen LogP contribution is -2.17. The Hall–Kier alpha value is -3.81. The van der Waals surface area contributed by atoms with E-state index < -0.39 is 11.1 Å². The van der Waals surface area contributed by atoms with Gasteiger partial charge in [-0.2, -0.15) is 5.26 Å². The van der Waals surface area contributed by atoms with Crippen LogP contribution < -0.4 is 5.32 Å². The van der Waals surface area contributed by atoms with E-state index in [1.807, 2.05) is 6.07 Å². The van der Waals surface area contributed by atoms with E-state index in [2.05, 4.69) is 28.2 Å². The van der Waals surface area contributed by atoms with Crippen LogP contribution in [0.25, 0.3) is 17.0 Å². The molecule has 6 nitrogen and oxygen atoms in total. The number of aromatic nitrogens is 1. The van der Waals surface area contributed by atoms with E-state index in [-0.39, 0.29) is 4.91 Å². The molecule has 0 spiro atoms. The van der Waals surface area contributed by atoms with Gasteiger partial charge in [-0.15, -0.1) is 0 Å². The van der Waals surface area contributed by atoms with Gasteiger partial charge in [0.1, 0.15) is 5.76 Å². The zero-order valence-corrected chi connectivity index (χ0v) is 14.5. The molecule has 0 saturated carbocycles. The summed E-state index contributed by atoms with van der Waals surface area (Å²) in [6.45, 7) is 0. The van der Waals surface area contributed by atoms with E-state index in [1.54, 1.807) is 36.7 Å². The van der Waals surface area contributed by atoms with E-state index >= 15 is 0 Å². The van der Waals surface area contributed by atoms with Crippen molar-refractivity contribution < 1.29 is 14.0 Å². The molecule has 27 heavy (non-hydrogen) atoms. The van der Waals surface area contributed by atoms with E-state index in [0.29, 0.717) is 28.0 Å². The van der Waals surface area contributed by atoms with Gasteiger partial charge >= 0.3 is 0 Å². The number of fused-ring (bicyclic) bond motifs is 1. The van der Waals surface area contributed by atoms with Crippen LogP contribution in [0.1, 0.15) is 22.5 Å². The van der Waals surface area contributed by atoms with Crippen LogP contribution >= 0.6 is 11.8 Å². The molecule has 7 heteroatoms. The number of pyridine rings is 1. The van der Waals surface area contributed by atoms with Crippen molar-refractivity contribution in [1.82, 2.24) is 10.3 Å². The van der Waals surface area contributed by atoms with Crippen molar-refractivity contribution in [3.05, 3.63) is 70.1 Å². The number of nitriles is 1. The van der Waals surface area contributed by atoms with Gasteiger partial charge in [0, 0.05) is 29.4 Å². The number of amides is 2. The van der Waals surface area contributed by atoms with Crippen molar-refractivity contribution in [2.45, 2.75) is 0 Å². The molecular weight excluding hydrogens is 362 g/mol. The first-order valence-corrected chi connectivity index (χ1v) is 8.58. The maximum Gasteiger partial charge on any atom is 0.290 e. The molecule has 2 aromatic heterocycles. The topological polar surface area (TPSA) is 96.0 Å². The molecule has 0 radical (unpaired) electrons. The Balaban J connectivity index is 1.71. The predicted octanol–water partition coefficient (Wildman–Crippen LogP) is 3.42. The van der Waals surface area contributed by atoms with Crippen molar-refractivity contribution in [3.63, 3.8) is 0 Å². The highest BCUT2D eigenvalue weighted by Crippen LogP contribution is 2.28. The minimum Gasteiger partial charge on any atom is -0.455 e. The first-order valence-electron chi connectivity index (χ1n) is 7.77. The number of furan rings is 1. The summed E-state index contributed by atoms with van der Waals surface area (Å²) >= 11 is 0.825. The molecule has 1 N–H and O–H groups in total. The number of imide groups is 1. The Morgan fingerprint density at radius 2 is 2.00 bits per heavy atom. The standard InChI is InChI=1S/C20H9N3O3S/c21-9-13-3-1-2-12(6-13)4-5-14-10-22-11-15-7-16(26-18(14)15)8-17-19(24)23-20(25)27-17/h1-3,6-8,10-11H,(H,23,24,25)/b17-8-. The maximum absolute atomic E-state index is 11.7. The quantitative estimate of drug-likeness (QED) is 0.520. The fourth-order valence-corrected chi connectivity index (χ4v) is 3.16. The van der Waals surface area contributed by atoms with Gasteiger partial charge in [0.15, 0.2) is 5.58 Å². The average molecular weight is 371 g/mol. The number of rotatable bonds is 1. The monoisotopic (exact) mass is 371 g/mol. The van der Waals surface area contributed by atoms with Crippen molar-refractivity contribution in [3.8, 4) is 17.9 Å². The van der Waals surface area contributed by atoms with Gasteiger partial charge in [-0.1, -0.05) is 17.9 Å². The second-order valence-electron chi connectivity index (χ2n) is 5.55. The van der Waals surface area contributed by atoms with Crippen molar-refractivity contribution in [1.29, 1.82) is 5.26 Å². The van der Waals surface area contributed by atoms with E-state index in [1.165, 1.54) is 6.08 Å². The molecule has 0 unspecified atom stereocenters. The molecule has 0 aliphatic carbocycles. The predicted molar refractivity (Wildman–Crippen MR) is 100 cm³/mol. The minimum absolute atomic E-state index is 0.271. The molecule has 2 amide bonds. The fourth-order valence-electron chi connectivity index (χ4n) is 2.50. The molecule has 1 aromatic carbocycles. The van der Waals surface area contributed by atoms with Gasteiger partial charge in [-0.3, -0.25) is 19.9 Å². The Morgan fingerprint density at radius 3 is 2.78 bits per heavy atom. The third kappa shape index (κ3) is 3.45. The summed E-state index contributed by atoms with van der Waals surface area (Å²) in [4.78, 5) is 27.3. The van der Waals surface area contributed by atoms with Gasteiger partial charge in [0.2, 0.25) is 0 Å². The SMILES string of the molecule is N#Cc1cccc(C#Cc2cncc3cc(/C=C4\SC(=O)NC4=O)oc23)c1. The summed E-state index contributed by atoms with van der Waals surface area (Å²) in [6.07, 6.45) is 4.73. The maximum atomic E-state index is 11.7. The van der Waals surface area contributed by atoms with Gasteiger partial charge in [0.25, 0.3) is 11.1 Å². The van der Waals surface area contributed by atoms with Crippen LogP contribution in [0.4, 0.5) is 4.79 Å². The van der Waals surface area contributed by atoms with E-state index in [9.17, 15) is 9.59 Å². The number of nitrogens with one attached hydrogen (secondary N) is 1. The van der Waals surface area contributed by atoms with Crippen LogP contribution in [0.3, 0.4) is 0 Å². The lowest BCUT2D eigenvalue weighted by atomic mass is 10.1. The smallest absolute Gasteiger partial charge is 0.290 e. The number of hydrogen-bond donors (Lipinski definition) is 1. The number of benzene rings is 1. The van der Waals surface area contributed by atoms with Crippen molar-refractivity contribution in [2.24, 2.45) is 0 Å². The van der Waals surface area contributed by atoms with Gasteiger partial charge in [0.05, 0.1) is 22.1 Å². The Morgan fingerprint density at radius 1 is 1.15 bits per heavy atom. The summed E-state index contributed by atoms with van der Waals surface area (Å²) < 4.78 is 5.80. The number of thioether (sulfide) groups is 1. The number of hydrogen-bond acceptors (Lipinski definition) is 6. The lowest BCUT2D eigenvalue weighted by Gasteiger charge is -1.93. The molecule has 1 aliphatic heterocycles. The summed E-state index contributed by atoms with van der Waals surface area (Å²) in [6, 6.07) is 10.8. The first-order chi connectivity index (χ1) is 13.1. The Bertz CT molecular complexity index is 1240. The van der Waals surface area contributed by atoms with Gasteiger partial charge in [-0.25, -0.2) is 0 Å². The third-order valence-electron chi connectivity index (χ3n) is 3.69. The summed E-state index contributed by atoms with van der Waals surface area (Å²) in [7, 11) is 0. The highest BCUT2D eigenvalue weighted by molar-refractivity contribution is 8.18. The van der Waals surface area contributed by atoms with Crippen LogP contribution in [0.2, 0.25) is 0 Å². The average Bonchev–Trinajstić information content (AvgIpc) is 3.22. The van der Waals surface area contributed by atoms with E-state index in [0.717, 1.165) is 17.1 Å². The van der Waals surface area contributed by atoms with Crippen LogP contribution in [-0.4, -0.2) is 16.1 Å². The normalized spacial score (nSPS) is 14.7. The fraction of sp³-hybridized carbons (Fsp3) is 0. The molecular formula is C20H9N3O3S. The van der Waals surface area contributed by atoms with Gasteiger partial charge < -0.3 is 4.42 Å². The van der Waals surface area contributed by atoms with Crippen molar-refractivity contribution in [2.75, 3.05) is 0 Å². The second-order valence-corrected chi connectivity index (χ2v) is 6.56. The third-order valence-corrected chi connectivity index (χ3v) is 4.50. The second kappa shape index (κ2) is 6.83. The van der Waals surface area contributed by atoms with Crippen LogP contribution in [-0.2, 0) is 4.79 Å². The molecule has 3 heterocycles. The highest BCUT2D eigenvalue weighted by atomic mass is 32.2. The molecule has 3 aromatic rings. The van der Waals surface area contributed by atoms with Crippen LogP contribution in [0.5, 0.6) is 0 Å². The van der Waals surface area contributed by atoms with Crippen molar-refractivity contribution >= 4 is 40.0 Å². The summed E-state index contributed by atoms with van der Waals surface area (Å²) in [5, 5.41) is 11.5. The zero-order chi connectivity index (χ0) is 18.8. The highest BCUT2D eigenvalue weighted by Gasteiger charge is 2.25. The molecule has 0 bridgehead atoms. The van der Waals surface area contributed by atoms with Crippen LogP contribution in [0.15, 0.2) is 52.0 Å². The zero-order valence-electron chi connectivity index (χ0n) is 13.6. The molecule has 128 valence electrons. The molecule has 0 atom stereocenters. The summed E-state index contributed by atoms with van der Waals surface area (Å²) in [5.74, 6) is 5.98. The largest absolute Gasteiger partial charge is 0.455 e. The lowest BCUT2D eigenvalue weighted by molar-refractivity contribution is -0.115. The Kier molecular flexibility index (Phi) is 4.21. The molecule has 1 saturated heterocycles. The van der Waals surface area contributed by atoms with Gasteiger partial charge in [-0.05, 0) is 36.0 Å². The number of carbonyl (C=O) groups is 2. The molecule has 1 aliphatic rings. The molecule has 4 rings (SSSR count). The number of carbonyl (C=O) groups excluding carboxylic acids is 2. The summed E-state index contributed by atoms with van der Waals surface area (Å²) in [5.41, 5.74) is 2.36. The minimum atomic E-state index is -0.444. The first kappa shape index (κ1) is 16.6. The molecule has 1 fully saturated rings.